The Kier molecular flexibility index (Phi) is 11.1. The van der Waals surface area contributed by atoms with Gasteiger partial charge in [0.15, 0.2) is 0 Å². The first-order valence-corrected chi connectivity index (χ1v) is 10.0. The summed E-state index contributed by atoms with van der Waals surface area (Å²) >= 11 is -1.54. The fraction of sp³-hybridized carbons (Fsp3) is 1.00. The average molecular weight is 301 g/mol. The van der Waals surface area contributed by atoms with Crippen LogP contribution in [-0.4, -0.2) is 32.8 Å². The largest absolute Gasteiger partial charge is 0.147 e. The molecule has 0 aromatic heterocycles. The first kappa shape index (κ1) is 15.5. The van der Waals surface area contributed by atoms with Crippen molar-refractivity contribution in [2.75, 3.05) is 6.61 Å². The maximum Gasteiger partial charge on any atom is -0.147 e. The monoisotopic (exact) mass is 302 g/mol. The predicted molar refractivity (Wildman–Crippen MR) is 58.2 cm³/mol. The van der Waals surface area contributed by atoms with Gasteiger partial charge in [-0.15, -0.1) is 12.4 Å². The van der Waals surface area contributed by atoms with Gasteiger partial charge in [-0.2, -0.15) is 0 Å². The molecule has 2 atom stereocenters. The molecule has 4 heteroatoms. The maximum absolute atomic E-state index is 5.85. The number of halogens is 1. The average Bonchev–Trinajstić information content (AvgIpc) is 1.88. The summed E-state index contributed by atoms with van der Waals surface area (Å²) in [5, 5.41) is 0. The summed E-state index contributed by atoms with van der Waals surface area (Å²) in [5.41, 5.74) is 5.85. The third-order valence-corrected chi connectivity index (χ3v) is 9.74. The van der Waals surface area contributed by atoms with Crippen molar-refractivity contribution in [1.82, 2.24) is 0 Å². The number of rotatable bonds is 5. The van der Waals surface area contributed by atoms with E-state index in [0.29, 0.717) is 9.98 Å². The fourth-order valence-electron chi connectivity index (χ4n) is 1.36. The van der Waals surface area contributed by atoms with E-state index in [-0.39, 0.29) is 12.4 Å². The minimum absolute atomic E-state index is 0. The summed E-state index contributed by atoms with van der Waals surface area (Å²) in [6.45, 7) is 7.24. The van der Waals surface area contributed by atoms with Crippen molar-refractivity contribution in [3.8, 4) is 0 Å². The Morgan fingerprint density at radius 2 is 1.92 bits per heavy atom. The summed E-state index contributed by atoms with van der Waals surface area (Å²) < 4.78 is 6.36. The van der Waals surface area contributed by atoms with Gasteiger partial charge in [-0.3, -0.25) is 0 Å². The normalized spacial score (nSPS) is 15.5. The van der Waals surface area contributed by atoms with Crippen molar-refractivity contribution >= 4 is 32.6 Å². The topological polar surface area (TPSA) is 35.2 Å². The quantitative estimate of drug-likeness (QED) is 0.790. The molecule has 12 heavy (non-hydrogen) atoms. The van der Waals surface area contributed by atoms with Gasteiger partial charge in [-0.05, 0) is 0 Å². The molecule has 0 aliphatic rings. The van der Waals surface area contributed by atoms with Gasteiger partial charge in [-0.1, -0.05) is 0 Å². The van der Waals surface area contributed by atoms with Crippen LogP contribution in [0.1, 0.15) is 27.2 Å². The Bertz CT molecular complexity index is 103. The minimum atomic E-state index is -1.54. The van der Waals surface area contributed by atoms with Crippen LogP contribution in [0.4, 0.5) is 0 Å². The molecule has 0 rings (SSSR count). The molecule has 0 aromatic rings. The molecule has 2 N–H and O–H groups in total. The molecular formula is C8H21ClNOSn. The first-order chi connectivity index (χ1) is 5.13. The molecule has 0 saturated heterocycles. The van der Waals surface area contributed by atoms with Crippen LogP contribution >= 0.6 is 12.4 Å². The molecule has 1 radical (unpaired) electrons. The van der Waals surface area contributed by atoms with E-state index in [0.717, 1.165) is 6.61 Å². The van der Waals surface area contributed by atoms with Gasteiger partial charge in [0, 0.05) is 0 Å². The zero-order valence-electron chi connectivity index (χ0n) is 8.46. The Labute approximate surface area is 89.9 Å². The molecule has 0 amide bonds. The van der Waals surface area contributed by atoms with Crippen molar-refractivity contribution in [2.45, 2.75) is 42.1 Å². The third kappa shape index (κ3) is 5.62. The summed E-state index contributed by atoms with van der Waals surface area (Å²) in [6, 6.07) is 0.325. The van der Waals surface area contributed by atoms with Crippen LogP contribution in [0.2, 0.25) is 8.87 Å². The molecule has 75 valence electrons. The van der Waals surface area contributed by atoms with E-state index >= 15 is 0 Å². The van der Waals surface area contributed by atoms with Gasteiger partial charge >= 0.3 is 77.7 Å². The van der Waals surface area contributed by atoms with Crippen LogP contribution in [-0.2, 0) is 3.07 Å². The molecule has 0 aliphatic heterocycles. The van der Waals surface area contributed by atoms with E-state index in [2.05, 4.69) is 25.7 Å². The van der Waals surface area contributed by atoms with Crippen molar-refractivity contribution in [3.63, 3.8) is 0 Å². The molecule has 0 aliphatic carbocycles. The molecule has 0 heterocycles. The minimum Gasteiger partial charge on any atom is -0.147 e. The predicted octanol–water partition coefficient (Wildman–Crippen LogP) is 2.19. The molecule has 2 nitrogen and oxygen atoms in total. The fourth-order valence-corrected chi connectivity index (χ4v) is 7.03. The molecule has 2 unspecified atom stereocenters. The van der Waals surface area contributed by atoms with Crippen LogP contribution in [0.5, 0.6) is 0 Å². The van der Waals surface area contributed by atoms with E-state index in [1.807, 2.05) is 0 Å². The summed E-state index contributed by atoms with van der Waals surface area (Å²) in [7, 11) is 0. The van der Waals surface area contributed by atoms with E-state index in [1.54, 1.807) is 0 Å². The molecule has 0 saturated carbocycles. The Hall–Kier alpha value is 1.01. The third-order valence-electron chi connectivity index (χ3n) is 1.97. The second-order valence-electron chi connectivity index (χ2n) is 2.92. The SMILES string of the molecule is CC[O][Sn]([CH3])[CH](CC)C(C)N.Cl. The summed E-state index contributed by atoms with van der Waals surface area (Å²) in [4.78, 5) is 2.29. The van der Waals surface area contributed by atoms with Crippen molar-refractivity contribution in [3.05, 3.63) is 0 Å². The Morgan fingerprint density at radius 1 is 1.42 bits per heavy atom. The molecule has 0 spiro atoms. The van der Waals surface area contributed by atoms with Gasteiger partial charge in [-0.25, -0.2) is 0 Å². The summed E-state index contributed by atoms with van der Waals surface area (Å²) in [5.74, 6) is 0. The van der Waals surface area contributed by atoms with Crippen LogP contribution in [0.25, 0.3) is 0 Å². The van der Waals surface area contributed by atoms with Gasteiger partial charge in [0.1, 0.15) is 0 Å². The van der Waals surface area contributed by atoms with Gasteiger partial charge in [0.25, 0.3) is 0 Å². The molecule has 0 fully saturated rings. The van der Waals surface area contributed by atoms with E-state index in [1.165, 1.54) is 6.42 Å². The second kappa shape index (κ2) is 8.60. The van der Waals surface area contributed by atoms with Crippen LogP contribution < -0.4 is 5.73 Å². The van der Waals surface area contributed by atoms with Gasteiger partial charge in [0.2, 0.25) is 0 Å². The second-order valence-corrected chi connectivity index (χ2v) is 9.34. The van der Waals surface area contributed by atoms with Crippen LogP contribution in [0.3, 0.4) is 0 Å². The van der Waals surface area contributed by atoms with E-state index < -0.39 is 20.2 Å². The van der Waals surface area contributed by atoms with Crippen LogP contribution in [0, 0.1) is 0 Å². The molecular weight excluding hydrogens is 280 g/mol. The molecule has 0 bridgehead atoms. The Balaban J connectivity index is 0. The van der Waals surface area contributed by atoms with Crippen molar-refractivity contribution < 1.29 is 3.07 Å². The molecule has 0 aromatic carbocycles. The van der Waals surface area contributed by atoms with E-state index in [4.69, 9.17) is 8.81 Å². The van der Waals surface area contributed by atoms with E-state index in [9.17, 15) is 0 Å². The smallest absolute Gasteiger partial charge is 0.147 e. The standard InChI is InChI=1S/C5H12N.C2H5O.CH3.ClH.Sn/c1-3-4-5(2)6;1-2-3;;;/h4-5H,3,6H2,1-2H3;2H2,1H3;1H3;1H;/q;-1;;;+1. The first-order valence-electron chi connectivity index (χ1n) is 4.35. The van der Waals surface area contributed by atoms with Crippen molar-refractivity contribution in [2.24, 2.45) is 5.73 Å². The summed E-state index contributed by atoms with van der Waals surface area (Å²) in [6.07, 6.45) is 1.18. The Morgan fingerprint density at radius 3 is 2.17 bits per heavy atom. The number of hydrogen-bond donors (Lipinski definition) is 1. The number of hydrogen-bond acceptors (Lipinski definition) is 2. The maximum atomic E-state index is 5.85. The van der Waals surface area contributed by atoms with Gasteiger partial charge in [0.05, 0.1) is 0 Å². The van der Waals surface area contributed by atoms with Gasteiger partial charge < -0.3 is 0 Å². The number of nitrogens with two attached hydrogens (primary N) is 1. The zero-order chi connectivity index (χ0) is 8.85. The van der Waals surface area contributed by atoms with Crippen molar-refractivity contribution in [1.29, 1.82) is 0 Å². The van der Waals surface area contributed by atoms with Crippen LogP contribution in [0.15, 0.2) is 0 Å². The zero-order valence-corrected chi connectivity index (χ0v) is 12.1.